The number of rotatable bonds is 4. The summed E-state index contributed by atoms with van der Waals surface area (Å²) in [4.78, 5) is 16.3. The molecule has 1 aromatic heterocycles. The van der Waals surface area contributed by atoms with Crippen LogP contribution in [0, 0.1) is 0 Å². The summed E-state index contributed by atoms with van der Waals surface area (Å²) in [5, 5.41) is 10.5. The Morgan fingerprint density at radius 1 is 1.14 bits per heavy atom. The summed E-state index contributed by atoms with van der Waals surface area (Å²) in [5.41, 5.74) is 1.19. The normalized spacial score (nSPS) is 17.2. The summed E-state index contributed by atoms with van der Waals surface area (Å²) in [5.74, 6) is 0. The number of hydrogen-bond donors (Lipinski definition) is 1. The van der Waals surface area contributed by atoms with Crippen molar-refractivity contribution in [2.75, 3.05) is 39.3 Å². The molecule has 0 aliphatic carbocycles. The van der Waals surface area contributed by atoms with Gasteiger partial charge >= 0.3 is 5.63 Å². The molecule has 22 heavy (non-hydrogen) atoms. The lowest BCUT2D eigenvalue weighted by Gasteiger charge is -2.34. The van der Waals surface area contributed by atoms with Gasteiger partial charge in [-0.2, -0.15) is 0 Å². The van der Waals surface area contributed by atoms with E-state index in [9.17, 15) is 4.79 Å². The first kappa shape index (κ1) is 15.5. The van der Waals surface area contributed by atoms with Gasteiger partial charge in [0.25, 0.3) is 0 Å². The second-order valence-electron chi connectivity index (χ2n) is 5.57. The van der Waals surface area contributed by atoms with E-state index in [1.54, 1.807) is 18.2 Å². The van der Waals surface area contributed by atoms with E-state index in [0.29, 0.717) is 17.2 Å². The molecule has 6 heteroatoms. The van der Waals surface area contributed by atoms with Gasteiger partial charge in [-0.05, 0) is 23.8 Å². The third-order valence-electron chi connectivity index (χ3n) is 4.07. The molecular weight excluding hydrogens is 304 g/mol. The Balaban J connectivity index is 1.79. The number of halogens is 1. The van der Waals surface area contributed by atoms with E-state index in [4.69, 9.17) is 21.1 Å². The van der Waals surface area contributed by atoms with Gasteiger partial charge in [0.05, 0.1) is 6.61 Å². The largest absolute Gasteiger partial charge is 0.423 e. The highest BCUT2D eigenvalue weighted by Gasteiger charge is 2.18. The Hall–Kier alpha value is -1.40. The minimum atomic E-state index is -0.330. The third kappa shape index (κ3) is 3.50. The summed E-state index contributed by atoms with van der Waals surface area (Å²) < 4.78 is 5.23. The van der Waals surface area contributed by atoms with Gasteiger partial charge in [-0.25, -0.2) is 4.79 Å². The van der Waals surface area contributed by atoms with Gasteiger partial charge in [0.15, 0.2) is 0 Å². The van der Waals surface area contributed by atoms with Crippen LogP contribution in [0.2, 0.25) is 5.02 Å². The monoisotopic (exact) mass is 322 g/mol. The molecular formula is C16H19ClN2O3. The average molecular weight is 323 g/mol. The minimum Gasteiger partial charge on any atom is -0.423 e. The molecule has 2 heterocycles. The van der Waals surface area contributed by atoms with E-state index < -0.39 is 0 Å². The molecule has 0 unspecified atom stereocenters. The van der Waals surface area contributed by atoms with Crippen LogP contribution < -0.4 is 5.63 Å². The maximum Gasteiger partial charge on any atom is 0.336 e. The van der Waals surface area contributed by atoms with E-state index in [0.717, 1.165) is 43.7 Å². The zero-order valence-electron chi connectivity index (χ0n) is 12.3. The smallest absolute Gasteiger partial charge is 0.336 e. The Morgan fingerprint density at radius 2 is 1.86 bits per heavy atom. The molecule has 0 bridgehead atoms. The topological polar surface area (TPSA) is 56.9 Å². The van der Waals surface area contributed by atoms with Crippen molar-refractivity contribution < 1.29 is 9.52 Å². The van der Waals surface area contributed by atoms with Gasteiger partial charge in [0.1, 0.15) is 5.58 Å². The lowest BCUT2D eigenvalue weighted by Crippen LogP contribution is -2.46. The number of aliphatic hydroxyl groups excluding tert-OH is 1. The van der Waals surface area contributed by atoms with Crippen LogP contribution in [-0.4, -0.2) is 54.2 Å². The highest BCUT2D eigenvalue weighted by Crippen LogP contribution is 2.23. The van der Waals surface area contributed by atoms with Gasteiger partial charge in [-0.15, -0.1) is 0 Å². The summed E-state index contributed by atoms with van der Waals surface area (Å²) in [6.45, 7) is 5.32. The van der Waals surface area contributed by atoms with Gasteiger partial charge in [0, 0.05) is 55.7 Å². The second kappa shape index (κ2) is 6.79. The first-order valence-corrected chi connectivity index (χ1v) is 7.81. The van der Waals surface area contributed by atoms with Crippen molar-refractivity contribution in [2.45, 2.75) is 6.54 Å². The molecule has 1 aliphatic heterocycles. The lowest BCUT2D eigenvalue weighted by atomic mass is 10.1. The first-order chi connectivity index (χ1) is 10.7. The molecule has 1 N–H and O–H groups in total. The van der Waals surface area contributed by atoms with Crippen LogP contribution in [0.3, 0.4) is 0 Å². The summed E-state index contributed by atoms with van der Waals surface area (Å²) >= 11 is 6.06. The maximum absolute atomic E-state index is 11.7. The van der Waals surface area contributed by atoms with Gasteiger partial charge in [-0.3, -0.25) is 9.80 Å². The average Bonchev–Trinajstić information content (AvgIpc) is 2.50. The molecule has 1 aromatic carbocycles. The van der Waals surface area contributed by atoms with Crippen molar-refractivity contribution >= 4 is 22.6 Å². The van der Waals surface area contributed by atoms with Crippen LogP contribution in [0.25, 0.3) is 11.0 Å². The zero-order valence-corrected chi connectivity index (χ0v) is 13.1. The summed E-state index contributed by atoms with van der Waals surface area (Å²) in [7, 11) is 0. The quantitative estimate of drug-likeness (QED) is 0.866. The van der Waals surface area contributed by atoms with E-state index in [-0.39, 0.29) is 12.2 Å². The Labute approximate surface area is 133 Å². The van der Waals surface area contributed by atoms with Crippen molar-refractivity contribution in [3.63, 3.8) is 0 Å². The van der Waals surface area contributed by atoms with E-state index in [1.165, 1.54) is 0 Å². The Morgan fingerprint density at radius 3 is 2.59 bits per heavy atom. The fourth-order valence-electron chi connectivity index (χ4n) is 2.88. The van der Waals surface area contributed by atoms with Crippen LogP contribution in [0.1, 0.15) is 5.56 Å². The Bertz CT molecular complexity index is 708. The maximum atomic E-state index is 11.7. The number of hydrogen-bond acceptors (Lipinski definition) is 5. The highest BCUT2D eigenvalue weighted by molar-refractivity contribution is 6.31. The molecule has 0 spiro atoms. The first-order valence-electron chi connectivity index (χ1n) is 7.43. The molecule has 0 saturated carbocycles. The molecule has 0 atom stereocenters. The van der Waals surface area contributed by atoms with Crippen molar-refractivity contribution in [1.29, 1.82) is 0 Å². The molecule has 3 rings (SSSR count). The molecule has 0 amide bonds. The molecule has 2 aromatic rings. The number of aliphatic hydroxyl groups is 1. The van der Waals surface area contributed by atoms with E-state index in [2.05, 4.69) is 9.80 Å². The standard InChI is InChI=1S/C16H19ClN2O3/c17-13-1-2-15-14(10-13)12(9-16(21)22-15)11-19-5-3-18(4-6-19)7-8-20/h1-2,9-10,20H,3-8,11H2. The predicted molar refractivity (Wildman–Crippen MR) is 86.3 cm³/mol. The van der Waals surface area contributed by atoms with Crippen LogP contribution in [0.5, 0.6) is 0 Å². The number of nitrogens with zero attached hydrogens (tertiary/aromatic N) is 2. The van der Waals surface area contributed by atoms with Gasteiger partial charge in [0.2, 0.25) is 0 Å². The van der Waals surface area contributed by atoms with Crippen molar-refractivity contribution in [1.82, 2.24) is 9.80 Å². The van der Waals surface area contributed by atoms with E-state index >= 15 is 0 Å². The molecule has 118 valence electrons. The number of benzene rings is 1. The van der Waals surface area contributed by atoms with Crippen molar-refractivity contribution in [3.05, 3.63) is 45.3 Å². The summed E-state index contributed by atoms with van der Waals surface area (Å²) in [6, 6.07) is 6.86. The molecule has 0 radical (unpaired) electrons. The van der Waals surface area contributed by atoms with Crippen LogP contribution in [-0.2, 0) is 6.54 Å². The summed E-state index contributed by atoms with van der Waals surface area (Å²) in [6.07, 6.45) is 0. The van der Waals surface area contributed by atoms with Gasteiger partial charge in [-0.1, -0.05) is 11.6 Å². The highest BCUT2D eigenvalue weighted by atomic mass is 35.5. The second-order valence-corrected chi connectivity index (χ2v) is 6.01. The lowest BCUT2D eigenvalue weighted by molar-refractivity contribution is 0.108. The molecule has 5 nitrogen and oxygen atoms in total. The van der Waals surface area contributed by atoms with Gasteiger partial charge < -0.3 is 9.52 Å². The SMILES string of the molecule is O=c1cc(CN2CCN(CCO)CC2)c2cc(Cl)ccc2o1. The minimum absolute atomic E-state index is 0.197. The Kier molecular flexibility index (Phi) is 4.78. The third-order valence-corrected chi connectivity index (χ3v) is 4.30. The molecule has 1 aliphatic rings. The molecule has 1 fully saturated rings. The van der Waals surface area contributed by atoms with Crippen LogP contribution in [0.4, 0.5) is 0 Å². The number of piperazine rings is 1. The zero-order chi connectivity index (χ0) is 15.5. The number of fused-ring (bicyclic) bond motifs is 1. The van der Waals surface area contributed by atoms with Crippen molar-refractivity contribution in [3.8, 4) is 0 Å². The van der Waals surface area contributed by atoms with Crippen LogP contribution in [0.15, 0.2) is 33.5 Å². The molecule has 1 saturated heterocycles. The van der Waals surface area contributed by atoms with E-state index in [1.807, 2.05) is 6.07 Å². The predicted octanol–water partition coefficient (Wildman–Crippen LogP) is 1.56. The number of β-amino-alcohol motifs (C(OH)–C–C–N with tert-alkyl or cyclic N) is 1. The van der Waals surface area contributed by atoms with Crippen molar-refractivity contribution in [2.24, 2.45) is 0 Å². The fourth-order valence-corrected chi connectivity index (χ4v) is 3.06. The fraction of sp³-hybridized carbons (Fsp3) is 0.438. The van der Waals surface area contributed by atoms with Crippen LogP contribution >= 0.6 is 11.6 Å².